The van der Waals surface area contributed by atoms with Crippen LogP contribution in [0.2, 0.25) is 0 Å². The van der Waals surface area contributed by atoms with Crippen molar-refractivity contribution in [3.63, 3.8) is 0 Å². The van der Waals surface area contributed by atoms with Crippen molar-refractivity contribution in [1.29, 1.82) is 0 Å². The molecule has 7 nitrogen and oxygen atoms in total. The zero-order valence-electron chi connectivity index (χ0n) is 13.5. The van der Waals surface area contributed by atoms with E-state index in [2.05, 4.69) is 4.98 Å². The monoisotopic (exact) mass is 361 g/mol. The number of benzene rings is 1. The predicted octanol–water partition coefficient (Wildman–Crippen LogP) is 1.55. The summed E-state index contributed by atoms with van der Waals surface area (Å²) in [5, 5.41) is 8.88. The third-order valence-electron chi connectivity index (χ3n) is 4.30. The fourth-order valence-electron chi connectivity index (χ4n) is 2.99. The topological polar surface area (TPSA) is 99.6 Å². The summed E-state index contributed by atoms with van der Waals surface area (Å²) in [6.45, 7) is 0.0943. The second-order valence-corrected chi connectivity index (χ2v) is 7.97. The number of nitrogens with one attached hydrogen (secondary N) is 1. The summed E-state index contributed by atoms with van der Waals surface area (Å²) in [7, 11) is -3.54. The van der Waals surface area contributed by atoms with Crippen LogP contribution in [-0.4, -0.2) is 40.6 Å². The third kappa shape index (κ3) is 3.87. The lowest BCUT2D eigenvalue weighted by Gasteiger charge is -2.33. The van der Waals surface area contributed by atoms with Gasteiger partial charge in [0, 0.05) is 18.9 Å². The van der Waals surface area contributed by atoms with Gasteiger partial charge in [0.05, 0.1) is 5.75 Å². The van der Waals surface area contributed by atoms with Gasteiger partial charge in [0.2, 0.25) is 10.0 Å². The molecule has 1 aliphatic heterocycles. The molecule has 1 saturated heterocycles. The van der Waals surface area contributed by atoms with E-state index in [1.165, 1.54) is 4.31 Å². The molecule has 1 aromatic heterocycles. The number of hydroxylamine groups is 1. The van der Waals surface area contributed by atoms with Gasteiger partial charge in [0.15, 0.2) is 0 Å². The second kappa shape index (κ2) is 7.30. The Kier molecular flexibility index (Phi) is 5.12. The molecule has 1 fully saturated rings. The van der Waals surface area contributed by atoms with E-state index in [4.69, 9.17) is 5.21 Å². The van der Waals surface area contributed by atoms with Gasteiger partial charge >= 0.3 is 0 Å². The molecule has 2 heterocycles. The molecule has 2 aromatic rings. The maximum atomic E-state index is 12.4. The van der Waals surface area contributed by atoms with E-state index in [1.807, 2.05) is 36.4 Å². The summed E-state index contributed by atoms with van der Waals surface area (Å²) in [6, 6.07) is 10.4. The molecule has 0 aliphatic carbocycles. The Morgan fingerprint density at radius 2 is 1.80 bits per heavy atom. The van der Waals surface area contributed by atoms with E-state index in [0.29, 0.717) is 12.8 Å². The van der Waals surface area contributed by atoms with Crippen LogP contribution in [0.5, 0.6) is 0 Å². The number of hydrogen-bond donors (Lipinski definition) is 2. The number of amides is 1. The number of rotatable bonds is 4. The van der Waals surface area contributed by atoms with Crippen molar-refractivity contribution in [1.82, 2.24) is 14.8 Å². The average Bonchev–Trinajstić information content (AvgIpc) is 2.64. The van der Waals surface area contributed by atoms with Crippen LogP contribution in [0.25, 0.3) is 11.1 Å². The van der Waals surface area contributed by atoms with E-state index in [0.717, 1.165) is 16.7 Å². The number of pyridine rings is 1. The highest BCUT2D eigenvalue weighted by Crippen LogP contribution is 2.25. The molecule has 0 saturated carbocycles. The first kappa shape index (κ1) is 17.5. The van der Waals surface area contributed by atoms with Gasteiger partial charge < -0.3 is 0 Å². The summed E-state index contributed by atoms with van der Waals surface area (Å²) < 4.78 is 25.9. The summed E-state index contributed by atoms with van der Waals surface area (Å²) in [5.74, 6) is -0.686. The van der Waals surface area contributed by atoms with Crippen molar-refractivity contribution in [2.75, 3.05) is 5.75 Å². The molecular formula is C17H19N3O4S. The van der Waals surface area contributed by atoms with Gasteiger partial charge in [-0.2, -0.15) is 4.31 Å². The number of hydrogen-bond acceptors (Lipinski definition) is 5. The maximum Gasteiger partial charge on any atom is 0.261 e. The van der Waals surface area contributed by atoms with Crippen LogP contribution in [0.1, 0.15) is 18.4 Å². The maximum absolute atomic E-state index is 12.4. The number of carbonyl (C=O) groups is 1. The van der Waals surface area contributed by atoms with Crippen LogP contribution in [0.15, 0.2) is 48.8 Å². The van der Waals surface area contributed by atoms with Crippen molar-refractivity contribution in [3.05, 3.63) is 54.4 Å². The fourth-order valence-corrected chi connectivity index (χ4v) is 4.69. The summed E-state index contributed by atoms with van der Waals surface area (Å²) in [5.41, 5.74) is 4.36. The van der Waals surface area contributed by atoms with Gasteiger partial charge in [-0.25, -0.2) is 13.9 Å². The molecule has 132 valence electrons. The summed E-state index contributed by atoms with van der Waals surface area (Å²) >= 11 is 0. The van der Waals surface area contributed by atoms with Crippen LogP contribution >= 0.6 is 0 Å². The van der Waals surface area contributed by atoms with Crippen LogP contribution in [0.3, 0.4) is 0 Å². The van der Waals surface area contributed by atoms with Crippen molar-refractivity contribution in [3.8, 4) is 11.1 Å². The van der Waals surface area contributed by atoms with Gasteiger partial charge in [0.25, 0.3) is 5.91 Å². The molecule has 25 heavy (non-hydrogen) atoms. The zero-order chi connectivity index (χ0) is 17.9. The first-order valence-corrected chi connectivity index (χ1v) is 9.55. The molecule has 3 rings (SSSR count). The van der Waals surface area contributed by atoms with Crippen LogP contribution < -0.4 is 5.48 Å². The Bertz CT molecular complexity index is 838. The van der Waals surface area contributed by atoms with Gasteiger partial charge in [0.1, 0.15) is 6.04 Å². The van der Waals surface area contributed by atoms with Crippen molar-refractivity contribution in [2.24, 2.45) is 0 Å². The van der Waals surface area contributed by atoms with Crippen LogP contribution in [0.4, 0.5) is 0 Å². The van der Waals surface area contributed by atoms with Gasteiger partial charge in [-0.15, -0.1) is 0 Å². The highest BCUT2D eigenvalue weighted by atomic mass is 32.2. The van der Waals surface area contributed by atoms with Gasteiger partial charge in [-0.05, 0) is 41.7 Å². The molecule has 8 heteroatoms. The first-order chi connectivity index (χ1) is 12.0. The SMILES string of the molecule is O=C(NO)[C@H]1CCCS(=O)(=O)N1Cc1ccc(-c2ccncc2)cc1. The Morgan fingerprint density at radius 1 is 1.16 bits per heavy atom. The van der Waals surface area contributed by atoms with E-state index < -0.39 is 22.0 Å². The van der Waals surface area contributed by atoms with Crippen molar-refractivity contribution < 1.29 is 18.4 Å². The molecule has 0 spiro atoms. The normalized spacial score (nSPS) is 20.1. The molecular weight excluding hydrogens is 342 g/mol. The lowest BCUT2D eigenvalue weighted by atomic mass is 10.0. The summed E-state index contributed by atoms with van der Waals surface area (Å²) in [4.78, 5) is 15.8. The molecule has 0 bridgehead atoms. The smallest absolute Gasteiger partial charge is 0.261 e. The number of aromatic nitrogens is 1. The van der Waals surface area contributed by atoms with Crippen LogP contribution in [0, 0.1) is 0 Å². The molecule has 0 unspecified atom stereocenters. The number of nitrogens with zero attached hydrogens (tertiary/aromatic N) is 2. The molecule has 1 atom stereocenters. The molecule has 1 amide bonds. The average molecular weight is 361 g/mol. The minimum absolute atomic E-state index is 0.0112. The lowest BCUT2D eigenvalue weighted by Crippen LogP contribution is -2.51. The highest BCUT2D eigenvalue weighted by Gasteiger charge is 2.38. The zero-order valence-corrected chi connectivity index (χ0v) is 14.3. The van der Waals surface area contributed by atoms with E-state index in [9.17, 15) is 13.2 Å². The highest BCUT2D eigenvalue weighted by molar-refractivity contribution is 7.89. The molecule has 2 N–H and O–H groups in total. The minimum Gasteiger partial charge on any atom is -0.289 e. The van der Waals surface area contributed by atoms with Crippen molar-refractivity contribution in [2.45, 2.75) is 25.4 Å². The van der Waals surface area contributed by atoms with Crippen molar-refractivity contribution >= 4 is 15.9 Å². The predicted molar refractivity (Wildman–Crippen MR) is 92.0 cm³/mol. The molecule has 1 aromatic carbocycles. The third-order valence-corrected chi connectivity index (χ3v) is 6.21. The standard InChI is InChI=1S/C17H19N3O4S/c21-17(19-22)16-2-1-11-25(23,24)20(16)12-13-3-5-14(6-4-13)15-7-9-18-10-8-15/h3-10,16,22H,1-2,11-12H2,(H,19,21)/t16-/m1/s1. The van der Waals surface area contributed by atoms with E-state index >= 15 is 0 Å². The Labute approximate surface area is 146 Å². The number of carbonyl (C=O) groups excluding carboxylic acids is 1. The number of sulfonamides is 1. The summed E-state index contributed by atoms with van der Waals surface area (Å²) in [6.07, 6.45) is 4.21. The minimum atomic E-state index is -3.54. The van der Waals surface area contributed by atoms with Gasteiger partial charge in [-0.3, -0.25) is 15.0 Å². The Balaban J connectivity index is 1.83. The first-order valence-electron chi connectivity index (χ1n) is 7.94. The Morgan fingerprint density at radius 3 is 2.44 bits per heavy atom. The van der Waals surface area contributed by atoms with E-state index in [1.54, 1.807) is 17.9 Å². The van der Waals surface area contributed by atoms with Crippen LogP contribution in [-0.2, 0) is 21.4 Å². The largest absolute Gasteiger partial charge is 0.289 e. The van der Waals surface area contributed by atoms with Gasteiger partial charge in [-0.1, -0.05) is 24.3 Å². The second-order valence-electron chi connectivity index (χ2n) is 5.93. The van der Waals surface area contributed by atoms with E-state index in [-0.39, 0.29) is 12.3 Å². The molecule has 1 aliphatic rings. The quantitative estimate of drug-likeness (QED) is 0.636. The Hall–Kier alpha value is -2.29. The fraction of sp³-hybridized carbons (Fsp3) is 0.294. The molecule has 0 radical (unpaired) electrons. The lowest BCUT2D eigenvalue weighted by molar-refractivity contribution is -0.133.